The first kappa shape index (κ1) is 8.31. The second-order valence-corrected chi connectivity index (χ2v) is 15.9. The Morgan fingerprint density at radius 3 is 1.00 bits per heavy atom. The molecule has 0 aliphatic carbocycles. The molecule has 0 bridgehead atoms. The van der Waals surface area contributed by atoms with Crippen molar-refractivity contribution >= 4 is 8.48 Å². The van der Waals surface area contributed by atoms with E-state index in [1.165, 1.54) is 0 Å². The van der Waals surface area contributed by atoms with Gasteiger partial charge in [-0.15, -0.1) is 0 Å². The third-order valence-electron chi connectivity index (χ3n) is 1.02. The largest absolute Gasteiger partial charge is 0.298 e. The minimum absolute atomic E-state index is 1.75. The normalized spacial score (nSPS) is 21.8. The molecule has 0 fully saturated rings. The Hall–Kier alpha value is 0.310. The van der Waals surface area contributed by atoms with Crippen molar-refractivity contribution in [3.63, 3.8) is 0 Å². The van der Waals surface area contributed by atoms with Crippen LogP contribution in [0.15, 0.2) is 0 Å². The highest BCUT2D eigenvalue weighted by atomic mass is 32.4. The summed E-state index contributed by atoms with van der Waals surface area (Å²) in [6, 6.07) is 0. The van der Waals surface area contributed by atoms with Crippen LogP contribution in [0.4, 0.5) is 0 Å². The first-order valence-corrected chi connectivity index (χ1v) is 7.24. The molecule has 0 unspecified atom stereocenters. The van der Waals surface area contributed by atoms with E-state index in [0.29, 0.717) is 0 Å². The van der Waals surface area contributed by atoms with Crippen LogP contribution in [0.3, 0.4) is 0 Å². The summed E-state index contributed by atoms with van der Waals surface area (Å²) < 4.78 is 3.38. The van der Waals surface area contributed by atoms with Crippen LogP contribution in [-0.2, 0) is 0 Å². The summed E-state index contributed by atoms with van der Waals surface area (Å²) in [4.78, 5) is 0. The highest BCUT2D eigenvalue weighted by Gasteiger charge is 2.33. The lowest BCUT2D eigenvalue weighted by molar-refractivity contribution is 1.21. The molecule has 0 atom stereocenters. The molecule has 0 spiro atoms. The molecule has 0 aromatic rings. The van der Waals surface area contributed by atoms with E-state index in [4.69, 9.17) is 0 Å². The molecule has 0 radical (unpaired) electrons. The van der Waals surface area contributed by atoms with Crippen molar-refractivity contribution in [3.8, 4) is 0 Å². The van der Waals surface area contributed by atoms with Crippen molar-refractivity contribution in [2.45, 2.75) is 0 Å². The fraction of sp³-hybridized carbons (Fsp3) is 1.00. The van der Waals surface area contributed by atoms with Gasteiger partial charge in [-0.05, 0) is 38.3 Å². The molecule has 0 aromatic carbocycles. The van der Waals surface area contributed by atoms with Crippen LogP contribution in [0, 0.1) is 0 Å². The van der Waals surface area contributed by atoms with Crippen molar-refractivity contribution in [2.24, 2.45) is 0 Å². The van der Waals surface area contributed by atoms with Crippen LogP contribution >= 0.6 is 8.48 Å². The molecule has 0 rings (SSSR count). The second kappa shape index (κ2) is 1.09. The molecule has 0 aliphatic rings. The van der Waals surface area contributed by atoms with Gasteiger partial charge in [-0.1, -0.05) is 0 Å². The zero-order valence-electron chi connectivity index (χ0n) is 6.91. The maximum absolute atomic E-state index is 3.38. The zero-order valence-corrected chi connectivity index (χ0v) is 7.72. The number of hydrogen-bond acceptors (Lipinski definition) is 1. The highest BCUT2D eigenvalue weighted by Crippen LogP contribution is 2.70. The minimum atomic E-state index is -1.75. The molecule has 1 N–H and O–H groups in total. The summed E-state index contributed by atoms with van der Waals surface area (Å²) >= 11 is 0. The Kier molecular flexibility index (Phi) is 1.14. The summed E-state index contributed by atoms with van der Waals surface area (Å²) in [5.41, 5.74) is 0. The molecular weight excluding hydrogens is 118 g/mol. The van der Waals surface area contributed by atoms with Gasteiger partial charge in [0.2, 0.25) is 0 Å². The van der Waals surface area contributed by atoms with E-state index in [1.54, 1.807) is 0 Å². The average Bonchev–Trinajstić information content (AvgIpc) is 1.30. The fourth-order valence-electron chi connectivity index (χ4n) is 0. The van der Waals surface area contributed by atoms with Crippen LogP contribution in [0.25, 0.3) is 0 Å². The van der Waals surface area contributed by atoms with Crippen molar-refractivity contribution in [1.29, 1.82) is 0 Å². The summed E-state index contributed by atoms with van der Waals surface area (Å²) in [6.07, 6.45) is 11.5. The third-order valence-corrected chi connectivity index (χ3v) is 3.06. The lowest BCUT2D eigenvalue weighted by Crippen LogP contribution is -2.41. The molecule has 0 saturated heterocycles. The van der Waals surface area contributed by atoms with Crippen LogP contribution in [-0.4, -0.2) is 38.3 Å². The summed E-state index contributed by atoms with van der Waals surface area (Å²) in [5.74, 6) is 0. The Morgan fingerprint density at radius 1 is 0.875 bits per heavy atom. The molecule has 0 saturated carbocycles. The van der Waals surface area contributed by atoms with Gasteiger partial charge in [0.1, 0.15) is 0 Å². The number of nitrogens with one attached hydrogen (secondary N) is 1. The second-order valence-electron chi connectivity index (χ2n) is 5.31. The van der Waals surface area contributed by atoms with Crippen molar-refractivity contribution in [2.75, 3.05) is 38.3 Å². The maximum atomic E-state index is 3.38. The van der Waals surface area contributed by atoms with Gasteiger partial charge in [-0.3, -0.25) is 13.2 Å². The van der Waals surface area contributed by atoms with Crippen LogP contribution in [0.2, 0.25) is 0 Å². The van der Waals surface area contributed by atoms with E-state index < -0.39 is 8.48 Å². The van der Waals surface area contributed by atoms with E-state index in [9.17, 15) is 0 Å². The molecule has 2 heteroatoms. The van der Waals surface area contributed by atoms with Crippen LogP contribution < -0.4 is 4.72 Å². The average molecular weight is 137 g/mol. The smallest absolute Gasteiger partial charge is 0.00857 e. The van der Waals surface area contributed by atoms with Gasteiger partial charge >= 0.3 is 0 Å². The molecule has 54 valence electrons. The molecule has 0 heterocycles. The lowest BCUT2D eigenvalue weighted by Gasteiger charge is -2.66. The Morgan fingerprint density at radius 2 is 1.00 bits per heavy atom. The van der Waals surface area contributed by atoms with E-state index in [0.717, 1.165) is 0 Å². The van der Waals surface area contributed by atoms with Gasteiger partial charge in [0.15, 0.2) is 0 Å². The third kappa shape index (κ3) is 6.31. The maximum Gasteiger partial charge on any atom is -0.00857 e. The molecular formula is C6H19NS. The minimum Gasteiger partial charge on any atom is -0.298 e. The van der Waals surface area contributed by atoms with Crippen LogP contribution in [0.1, 0.15) is 0 Å². The predicted molar refractivity (Wildman–Crippen MR) is 46.3 cm³/mol. The van der Waals surface area contributed by atoms with Crippen LogP contribution in [0.5, 0.6) is 0 Å². The summed E-state index contributed by atoms with van der Waals surface area (Å²) in [5, 5.41) is 0. The van der Waals surface area contributed by atoms with E-state index in [-0.39, 0.29) is 0 Å². The Labute approximate surface area is 52.2 Å². The van der Waals surface area contributed by atoms with Gasteiger partial charge < -0.3 is 0 Å². The zero-order chi connectivity index (χ0) is 7.12. The molecule has 8 heavy (non-hydrogen) atoms. The van der Waals surface area contributed by atoms with E-state index in [1.807, 2.05) is 7.05 Å². The number of hydrogen-bond donors (Lipinski definition) is 1. The SMILES string of the molecule is CNS(C)(C)(C)(C)C. The van der Waals surface area contributed by atoms with Gasteiger partial charge in [0.05, 0.1) is 0 Å². The first-order valence-electron chi connectivity index (χ1n) is 2.75. The quantitative estimate of drug-likeness (QED) is 0.571. The van der Waals surface area contributed by atoms with Crippen molar-refractivity contribution in [3.05, 3.63) is 0 Å². The van der Waals surface area contributed by atoms with E-state index >= 15 is 0 Å². The van der Waals surface area contributed by atoms with Crippen molar-refractivity contribution < 1.29 is 0 Å². The first-order chi connectivity index (χ1) is 3.04. The Bertz CT molecular complexity index is 91.7. The molecule has 0 aliphatic heterocycles. The number of rotatable bonds is 1. The van der Waals surface area contributed by atoms with Gasteiger partial charge in [-0.25, -0.2) is 0 Å². The summed E-state index contributed by atoms with van der Waals surface area (Å²) in [7, 11) is 0.278. The molecule has 1 nitrogen and oxygen atoms in total. The lowest BCUT2D eigenvalue weighted by atomic mass is 11.6. The topological polar surface area (TPSA) is 12.0 Å². The van der Waals surface area contributed by atoms with Gasteiger partial charge in [0.25, 0.3) is 0 Å². The molecule has 0 aromatic heterocycles. The monoisotopic (exact) mass is 137 g/mol. The highest BCUT2D eigenvalue weighted by molar-refractivity contribution is 8.61. The predicted octanol–water partition coefficient (Wildman–Crippen LogP) is 1.15. The fourth-order valence-corrected chi connectivity index (χ4v) is 0. The van der Waals surface area contributed by atoms with Gasteiger partial charge in [-0.2, -0.15) is 0 Å². The van der Waals surface area contributed by atoms with E-state index in [2.05, 4.69) is 36.0 Å². The standard InChI is InChI=1S/C6H19NS/c1-7-8(2,3,4,5)6/h7H,1-6H3. The summed E-state index contributed by atoms with van der Waals surface area (Å²) in [6.45, 7) is 0. The van der Waals surface area contributed by atoms with Crippen molar-refractivity contribution in [1.82, 2.24) is 4.72 Å². The Balaban J connectivity index is 4.50. The van der Waals surface area contributed by atoms with Gasteiger partial charge in [0, 0.05) is 0 Å². The molecule has 0 amide bonds.